The second kappa shape index (κ2) is 14.0. The van der Waals surface area contributed by atoms with Gasteiger partial charge in [0.25, 0.3) is 0 Å². The minimum Gasteiger partial charge on any atom is -0.356 e. The number of likely N-dealkylation sites (N-methyl/N-ethyl adjacent to an activating group) is 1. The van der Waals surface area contributed by atoms with Crippen LogP contribution in [-0.4, -0.2) is 80.0 Å². The topological polar surface area (TPSA) is 60.0 Å². The van der Waals surface area contributed by atoms with Crippen molar-refractivity contribution in [2.45, 2.75) is 25.4 Å². The van der Waals surface area contributed by atoms with Gasteiger partial charge in [-0.3, -0.25) is 9.69 Å². The molecule has 9 heteroatoms. The molecule has 1 amide bonds. The zero-order chi connectivity index (χ0) is 20.4. The number of aliphatic imine (C=N–C) groups is 1. The Bertz CT molecular complexity index is 636. The number of likely N-dealkylation sites (tertiary alicyclic amines) is 1. The molecule has 29 heavy (non-hydrogen) atoms. The normalized spacial score (nSPS) is 15.5. The molecule has 1 aliphatic heterocycles. The number of carbonyl (C=O) groups is 1. The molecule has 0 aromatic heterocycles. The minimum atomic E-state index is -0.194. The Morgan fingerprint density at radius 1 is 1.28 bits per heavy atom. The van der Waals surface area contributed by atoms with Crippen LogP contribution in [0.5, 0.6) is 0 Å². The van der Waals surface area contributed by atoms with Gasteiger partial charge in [-0.1, -0.05) is 12.1 Å². The van der Waals surface area contributed by atoms with E-state index in [-0.39, 0.29) is 42.2 Å². The molecule has 1 fully saturated rings. The van der Waals surface area contributed by atoms with Gasteiger partial charge >= 0.3 is 0 Å². The zero-order valence-corrected chi connectivity index (χ0v) is 20.6. The molecule has 1 aliphatic rings. The van der Waals surface area contributed by atoms with Crippen LogP contribution in [0.15, 0.2) is 29.3 Å². The molecule has 0 radical (unpaired) electrons. The molecule has 0 atom stereocenters. The molecule has 164 valence electrons. The SMILES string of the molecule is CSCCNC(=NCC(=O)N(C)C)NC1CCN(Cc2ccc(F)cc2)CC1.I. The van der Waals surface area contributed by atoms with Gasteiger partial charge in [0, 0.05) is 52.1 Å². The lowest BCUT2D eigenvalue weighted by Gasteiger charge is -2.33. The number of piperidine rings is 1. The van der Waals surface area contributed by atoms with E-state index in [1.807, 2.05) is 12.1 Å². The highest BCUT2D eigenvalue weighted by atomic mass is 127. The first-order chi connectivity index (χ1) is 13.5. The van der Waals surface area contributed by atoms with Crippen molar-refractivity contribution in [3.8, 4) is 0 Å². The van der Waals surface area contributed by atoms with Crippen molar-refractivity contribution in [3.05, 3.63) is 35.6 Å². The summed E-state index contributed by atoms with van der Waals surface area (Å²) in [5.41, 5.74) is 1.14. The van der Waals surface area contributed by atoms with Gasteiger partial charge in [0.2, 0.25) is 5.91 Å². The van der Waals surface area contributed by atoms with Crippen LogP contribution in [-0.2, 0) is 11.3 Å². The average Bonchev–Trinajstić information content (AvgIpc) is 2.69. The number of amides is 1. The largest absolute Gasteiger partial charge is 0.356 e. The molecule has 1 heterocycles. The second-order valence-electron chi connectivity index (χ2n) is 7.19. The Hall–Kier alpha value is -1.07. The summed E-state index contributed by atoms with van der Waals surface area (Å²) in [4.78, 5) is 20.2. The summed E-state index contributed by atoms with van der Waals surface area (Å²) >= 11 is 1.77. The number of nitrogens with zero attached hydrogens (tertiary/aromatic N) is 3. The third kappa shape index (κ3) is 9.99. The fourth-order valence-corrected chi connectivity index (χ4v) is 3.30. The van der Waals surface area contributed by atoms with Crippen molar-refractivity contribution in [2.75, 3.05) is 52.3 Å². The van der Waals surface area contributed by atoms with Crippen LogP contribution >= 0.6 is 35.7 Å². The number of benzene rings is 1. The van der Waals surface area contributed by atoms with E-state index in [0.29, 0.717) is 12.0 Å². The lowest BCUT2D eigenvalue weighted by Crippen LogP contribution is -2.49. The van der Waals surface area contributed by atoms with Crippen LogP contribution in [0.25, 0.3) is 0 Å². The first-order valence-corrected chi connectivity index (χ1v) is 11.1. The van der Waals surface area contributed by atoms with Crippen LogP contribution in [0, 0.1) is 5.82 Å². The van der Waals surface area contributed by atoms with Crippen molar-refractivity contribution < 1.29 is 9.18 Å². The monoisotopic (exact) mass is 537 g/mol. The summed E-state index contributed by atoms with van der Waals surface area (Å²) in [5, 5.41) is 6.80. The number of carbonyl (C=O) groups excluding carboxylic acids is 1. The standard InChI is InChI=1S/C20H32FN5OS.HI/c1-25(2)19(27)14-23-20(22-10-13-28-3)24-18-8-11-26(12-9-18)15-16-4-6-17(21)7-5-16;/h4-7,18H,8-15H2,1-3H3,(H2,22,23,24);1H. The summed E-state index contributed by atoms with van der Waals surface area (Å²) in [6, 6.07) is 7.06. The Morgan fingerprint density at radius 3 is 2.52 bits per heavy atom. The lowest BCUT2D eigenvalue weighted by molar-refractivity contribution is -0.127. The van der Waals surface area contributed by atoms with Crippen LogP contribution in [0.4, 0.5) is 4.39 Å². The summed E-state index contributed by atoms with van der Waals surface area (Å²) in [6.45, 7) is 3.75. The number of nitrogens with one attached hydrogen (secondary N) is 2. The van der Waals surface area contributed by atoms with E-state index in [0.717, 1.165) is 50.3 Å². The molecule has 0 spiro atoms. The Balaban J connectivity index is 0.00000420. The number of thioether (sulfide) groups is 1. The van der Waals surface area contributed by atoms with Gasteiger partial charge in [-0.25, -0.2) is 9.38 Å². The first-order valence-electron chi connectivity index (χ1n) is 9.68. The maximum absolute atomic E-state index is 13.0. The molecule has 2 N–H and O–H groups in total. The molecule has 6 nitrogen and oxygen atoms in total. The quantitative estimate of drug-likeness (QED) is 0.231. The highest BCUT2D eigenvalue weighted by molar-refractivity contribution is 14.0. The second-order valence-corrected chi connectivity index (χ2v) is 8.18. The van der Waals surface area contributed by atoms with Gasteiger partial charge in [0.1, 0.15) is 12.4 Å². The molecule has 0 bridgehead atoms. The Kier molecular flexibility index (Phi) is 12.6. The van der Waals surface area contributed by atoms with Gasteiger partial charge in [-0.15, -0.1) is 24.0 Å². The Morgan fingerprint density at radius 2 is 1.93 bits per heavy atom. The molecule has 1 aromatic carbocycles. The number of halogens is 2. The van der Waals surface area contributed by atoms with E-state index < -0.39 is 0 Å². The molecular formula is C20H33FIN5OS. The molecule has 0 saturated carbocycles. The van der Waals surface area contributed by atoms with Gasteiger partial charge in [-0.2, -0.15) is 11.8 Å². The first kappa shape index (κ1) is 26.0. The van der Waals surface area contributed by atoms with Crippen LogP contribution < -0.4 is 10.6 Å². The van der Waals surface area contributed by atoms with E-state index in [4.69, 9.17) is 0 Å². The summed E-state index contributed by atoms with van der Waals surface area (Å²) < 4.78 is 13.0. The fraction of sp³-hybridized carbons (Fsp3) is 0.600. The van der Waals surface area contributed by atoms with Gasteiger partial charge < -0.3 is 15.5 Å². The molecular weight excluding hydrogens is 504 g/mol. The molecule has 0 unspecified atom stereocenters. The van der Waals surface area contributed by atoms with E-state index in [9.17, 15) is 9.18 Å². The summed E-state index contributed by atoms with van der Waals surface area (Å²) in [5.74, 6) is 1.49. The number of rotatable bonds is 8. The molecule has 1 aromatic rings. The predicted molar refractivity (Wildman–Crippen MR) is 131 cm³/mol. The maximum atomic E-state index is 13.0. The van der Waals surface area contributed by atoms with E-state index in [1.165, 1.54) is 12.1 Å². The fourth-order valence-electron chi connectivity index (χ4n) is 2.99. The van der Waals surface area contributed by atoms with Crippen LogP contribution in [0.3, 0.4) is 0 Å². The third-order valence-corrected chi connectivity index (χ3v) is 5.33. The molecule has 2 rings (SSSR count). The summed E-state index contributed by atoms with van der Waals surface area (Å²) in [7, 11) is 3.48. The van der Waals surface area contributed by atoms with Crippen molar-refractivity contribution in [1.82, 2.24) is 20.4 Å². The number of guanidine groups is 1. The van der Waals surface area contributed by atoms with Crippen LogP contribution in [0.1, 0.15) is 18.4 Å². The summed E-state index contributed by atoms with van der Waals surface area (Å²) in [6.07, 6.45) is 4.08. The van der Waals surface area contributed by atoms with Crippen molar-refractivity contribution >= 4 is 47.6 Å². The number of hydrogen-bond donors (Lipinski definition) is 2. The lowest BCUT2D eigenvalue weighted by atomic mass is 10.0. The zero-order valence-electron chi connectivity index (χ0n) is 17.5. The predicted octanol–water partition coefficient (Wildman–Crippen LogP) is 2.39. The van der Waals surface area contributed by atoms with E-state index >= 15 is 0 Å². The van der Waals surface area contributed by atoms with Gasteiger partial charge in [-0.05, 0) is 36.8 Å². The number of hydrogen-bond acceptors (Lipinski definition) is 4. The van der Waals surface area contributed by atoms with Gasteiger partial charge in [0.15, 0.2) is 5.96 Å². The average molecular weight is 537 g/mol. The van der Waals surface area contributed by atoms with Crippen molar-refractivity contribution in [1.29, 1.82) is 0 Å². The highest BCUT2D eigenvalue weighted by Gasteiger charge is 2.20. The third-order valence-electron chi connectivity index (χ3n) is 4.72. The molecule has 1 saturated heterocycles. The van der Waals surface area contributed by atoms with Crippen molar-refractivity contribution in [2.24, 2.45) is 4.99 Å². The van der Waals surface area contributed by atoms with E-state index in [2.05, 4.69) is 26.8 Å². The Labute approximate surface area is 195 Å². The minimum absolute atomic E-state index is 0. The van der Waals surface area contributed by atoms with Gasteiger partial charge in [0.05, 0.1) is 0 Å². The van der Waals surface area contributed by atoms with E-state index in [1.54, 1.807) is 30.8 Å². The smallest absolute Gasteiger partial charge is 0.243 e. The maximum Gasteiger partial charge on any atom is 0.243 e. The van der Waals surface area contributed by atoms with Crippen molar-refractivity contribution in [3.63, 3.8) is 0 Å². The highest BCUT2D eigenvalue weighted by Crippen LogP contribution is 2.14. The van der Waals surface area contributed by atoms with Crippen LogP contribution in [0.2, 0.25) is 0 Å². The molecule has 0 aliphatic carbocycles.